The highest BCUT2D eigenvalue weighted by atomic mass is 32.2. The molecule has 180 valence electrons. The van der Waals surface area contributed by atoms with Gasteiger partial charge in [-0.15, -0.1) is 4.72 Å². The Kier molecular flexibility index (Phi) is 7.22. The highest BCUT2D eigenvalue weighted by molar-refractivity contribution is 7.90. The maximum atomic E-state index is 13.6. The van der Waals surface area contributed by atoms with E-state index in [4.69, 9.17) is 0 Å². The monoisotopic (exact) mass is 482 g/mol. The van der Waals surface area contributed by atoms with Crippen LogP contribution in [-0.2, 0) is 24.1 Å². The minimum absolute atomic E-state index is 0.0651. The zero-order chi connectivity index (χ0) is 24.7. The Balaban J connectivity index is 2.14. The molecule has 8 heteroatoms. The molecule has 0 aliphatic carbocycles. The van der Waals surface area contributed by atoms with Gasteiger partial charge in [0.2, 0.25) is 0 Å². The number of rotatable bonds is 6. The van der Waals surface area contributed by atoms with Crippen molar-refractivity contribution in [1.82, 2.24) is 9.29 Å². The summed E-state index contributed by atoms with van der Waals surface area (Å²) in [7, 11) is 0. The first-order chi connectivity index (χ1) is 15.2. The maximum absolute atomic E-state index is 13.6. The molecule has 3 rings (SSSR count). The van der Waals surface area contributed by atoms with E-state index in [1.165, 1.54) is 6.07 Å². The number of fused-ring (bicyclic) bond motifs is 1. The Morgan fingerprint density at radius 1 is 1.03 bits per heavy atom. The van der Waals surface area contributed by atoms with Crippen LogP contribution in [0.3, 0.4) is 0 Å². The molecule has 0 aliphatic heterocycles. The zero-order valence-corrected chi connectivity index (χ0v) is 20.5. The fraction of sp³-hybridized carbons (Fsp3) is 0.440. The Labute approximate surface area is 195 Å². The summed E-state index contributed by atoms with van der Waals surface area (Å²) in [6.07, 6.45) is -2.70. The van der Waals surface area contributed by atoms with Crippen molar-refractivity contribution in [3.63, 3.8) is 0 Å². The number of aromatic nitrogens is 1. The molecule has 0 amide bonds. The molecule has 0 spiro atoms. The van der Waals surface area contributed by atoms with Crippen LogP contribution in [0.1, 0.15) is 58.7 Å². The van der Waals surface area contributed by atoms with Gasteiger partial charge in [-0.05, 0) is 68.5 Å². The minimum Gasteiger partial charge on any atom is -0.598 e. The van der Waals surface area contributed by atoms with E-state index < -0.39 is 33.7 Å². The van der Waals surface area contributed by atoms with E-state index in [0.717, 1.165) is 22.5 Å². The van der Waals surface area contributed by atoms with Crippen molar-refractivity contribution in [2.45, 2.75) is 65.1 Å². The van der Waals surface area contributed by atoms with Gasteiger partial charge in [0, 0.05) is 35.0 Å². The Bertz CT molecular complexity index is 1130. The van der Waals surface area contributed by atoms with Crippen molar-refractivity contribution in [1.29, 1.82) is 0 Å². The van der Waals surface area contributed by atoms with Crippen LogP contribution in [0.4, 0.5) is 17.6 Å². The van der Waals surface area contributed by atoms with E-state index in [1.54, 1.807) is 18.2 Å². The quantitative estimate of drug-likeness (QED) is 0.297. The molecule has 1 unspecified atom stereocenters. The molecule has 1 aromatic heterocycles. The number of alkyl halides is 3. The minimum atomic E-state index is -4.67. The van der Waals surface area contributed by atoms with Crippen molar-refractivity contribution in [2.24, 2.45) is 5.92 Å². The first kappa shape index (κ1) is 25.6. The summed E-state index contributed by atoms with van der Waals surface area (Å²) in [6, 6.07) is 7.65. The summed E-state index contributed by atoms with van der Waals surface area (Å²) in [4.78, 5) is 0. The molecule has 0 radical (unpaired) electrons. The van der Waals surface area contributed by atoms with Gasteiger partial charge in [0.05, 0.1) is 11.6 Å². The van der Waals surface area contributed by atoms with Crippen molar-refractivity contribution >= 4 is 22.3 Å². The lowest BCUT2D eigenvalue weighted by molar-refractivity contribution is -0.137. The molecule has 1 heterocycles. The SMILES string of the molecule is CC(C)Cn1cc([C@@H](C)N[S+]([O-])C(C)(C)C)c2ccc(-c3ccc(F)cc3C(F)(F)F)cc21. The van der Waals surface area contributed by atoms with Crippen LogP contribution in [-0.4, -0.2) is 13.9 Å². The summed E-state index contributed by atoms with van der Waals surface area (Å²) >= 11 is -1.28. The predicted octanol–water partition coefficient (Wildman–Crippen LogP) is 7.24. The normalized spacial score (nSPS) is 14.8. The third kappa shape index (κ3) is 5.73. The molecule has 33 heavy (non-hydrogen) atoms. The van der Waals surface area contributed by atoms with Crippen LogP contribution in [0, 0.1) is 11.7 Å². The lowest BCUT2D eigenvalue weighted by atomic mass is 9.97. The largest absolute Gasteiger partial charge is 0.598 e. The van der Waals surface area contributed by atoms with Gasteiger partial charge >= 0.3 is 6.18 Å². The van der Waals surface area contributed by atoms with Gasteiger partial charge in [-0.3, -0.25) is 0 Å². The number of nitrogens with one attached hydrogen (secondary N) is 1. The zero-order valence-electron chi connectivity index (χ0n) is 19.7. The van der Waals surface area contributed by atoms with Gasteiger partial charge in [-0.2, -0.15) is 13.2 Å². The van der Waals surface area contributed by atoms with Gasteiger partial charge in [0.15, 0.2) is 0 Å². The van der Waals surface area contributed by atoms with E-state index in [1.807, 2.05) is 38.5 Å². The second-order valence-corrected chi connectivity index (χ2v) is 11.8. The number of hydrogen-bond acceptors (Lipinski definition) is 2. The molecular formula is C25H30F4N2OS. The first-order valence-electron chi connectivity index (χ1n) is 10.9. The average Bonchev–Trinajstić information content (AvgIpc) is 3.03. The van der Waals surface area contributed by atoms with Gasteiger partial charge in [0.25, 0.3) is 0 Å². The summed E-state index contributed by atoms with van der Waals surface area (Å²) < 4.78 is 71.7. The molecule has 0 saturated carbocycles. The van der Waals surface area contributed by atoms with Gasteiger partial charge < -0.3 is 9.12 Å². The third-order valence-corrected chi connectivity index (χ3v) is 7.06. The van der Waals surface area contributed by atoms with Crippen LogP contribution in [0.25, 0.3) is 22.0 Å². The summed E-state index contributed by atoms with van der Waals surface area (Å²) in [5.41, 5.74) is 1.00. The summed E-state index contributed by atoms with van der Waals surface area (Å²) in [5.74, 6) is -0.620. The van der Waals surface area contributed by atoms with Crippen LogP contribution >= 0.6 is 0 Å². The molecule has 0 fully saturated rings. The highest BCUT2D eigenvalue weighted by Gasteiger charge is 2.34. The van der Waals surface area contributed by atoms with Gasteiger partial charge in [-0.25, -0.2) is 4.39 Å². The standard InChI is InChI=1S/C25H30F4N2OS/c1-15(2)13-31-14-21(16(3)30-33(32)24(4,5)6)20-9-7-17(11-23(20)31)19-10-8-18(26)12-22(19)25(27,28)29/h7-12,14-16,30H,13H2,1-6H3/t16-,33?/m1/s1. The highest BCUT2D eigenvalue weighted by Crippen LogP contribution is 2.39. The van der Waals surface area contributed by atoms with E-state index in [-0.39, 0.29) is 11.6 Å². The molecule has 0 aliphatic rings. The first-order valence-corrected chi connectivity index (χ1v) is 12.0. The molecule has 1 N–H and O–H groups in total. The lowest BCUT2D eigenvalue weighted by Gasteiger charge is -2.26. The lowest BCUT2D eigenvalue weighted by Crippen LogP contribution is -2.40. The number of halogens is 4. The van der Waals surface area contributed by atoms with Gasteiger partial charge in [-0.1, -0.05) is 32.0 Å². The van der Waals surface area contributed by atoms with Crippen LogP contribution in [0.2, 0.25) is 0 Å². The van der Waals surface area contributed by atoms with E-state index in [0.29, 0.717) is 24.1 Å². The van der Waals surface area contributed by atoms with Gasteiger partial charge in [0.1, 0.15) is 10.6 Å². The maximum Gasteiger partial charge on any atom is 0.417 e. The molecule has 2 atom stereocenters. The molecule has 2 aromatic carbocycles. The Morgan fingerprint density at radius 2 is 1.70 bits per heavy atom. The van der Waals surface area contributed by atoms with Crippen molar-refractivity contribution in [2.75, 3.05) is 0 Å². The smallest absolute Gasteiger partial charge is 0.417 e. The molecule has 3 aromatic rings. The van der Waals surface area contributed by atoms with Crippen LogP contribution < -0.4 is 4.72 Å². The number of nitrogens with zero attached hydrogens (tertiary/aromatic N) is 1. The molecule has 0 bridgehead atoms. The third-order valence-electron chi connectivity index (χ3n) is 5.38. The topological polar surface area (TPSA) is 40.0 Å². The average molecular weight is 483 g/mol. The Morgan fingerprint density at radius 3 is 2.27 bits per heavy atom. The molecule has 0 saturated heterocycles. The van der Waals surface area contributed by atoms with Crippen molar-refractivity contribution in [3.8, 4) is 11.1 Å². The second-order valence-electron chi connectivity index (χ2n) is 9.77. The predicted molar refractivity (Wildman–Crippen MR) is 127 cm³/mol. The van der Waals surface area contributed by atoms with E-state index in [9.17, 15) is 22.1 Å². The molecule has 3 nitrogen and oxygen atoms in total. The van der Waals surface area contributed by atoms with Crippen LogP contribution in [0.15, 0.2) is 42.6 Å². The fourth-order valence-electron chi connectivity index (χ4n) is 3.78. The molecular weight excluding hydrogens is 452 g/mol. The van der Waals surface area contributed by atoms with Crippen molar-refractivity contribution in [3.05, 3.63) is 59.5 Å². The van der Waals surface area contributed by atoms with E-state index >= 15 is 0 Å². The number of benzene rings is 2. The summed E-state index contributed by atoms with van der Waals surface area (Å²) in [5, 5.41) is 0.876. The van der Waals surface area contributed by atoms with E-state index in [2.05, 4.69) is 18.6 Å². The number of hydrogen-bond donors (Lipinski definition) is 1. The van der Waals surface area contributed by atoms with Crippen LogP contribution in [0.5, 0.6) is 0 Å². The fourth-order valence-corrected chi connectivity index (χ4v) is 4.58. The second kappa shape index (κ2) is 9.31. The summed E-state index contributed by atoms with van der Waals surface area (Å²) in [6.45, 7) is 12.4. The Hall–Kier alpha value is -2.03. The van der Waals surface area contributed by atoms with Crippen molar-refractivity contribution < 1.29 is 22.1 Å².